The summed E-state index contributed by atoms with van der Waals surface area (Å²) in [4.78, 5) is 33.5. The minimum Gasteiger partial charge on any atom is -0.480 e. The van der Waals surface area contributed by atoms with Gasteiger partial charge < -0.3 is 20.4 Å². The summed E-state index contributed by atoms with van der Waals surface area (Å²) in [6.45, 7) is 3.16. The first-order chi connectivity index (χ1) is 7.86. The smallest absolute Gasteiger partial charge is 0.323 e. The fraction of sp³-hybridized carbons (Fsp3) is 0.700. The summed E-state index contributed by atoms with van der Waals surface area (Å²) in [5.41, 5.74) is 0. The van der Waals surface area contributed by atoms with Crippen molar-refractivity contribution in [2.45, 2.75) is 26.3 Å². The maximum atomic E-state index is 11.7. The van der Waals surface area contributed by atoms with E-state index in [0.717, 1.165) is 4.90 Å². The van der Waals surface area contributed by atoms with E-state index in [2.05, 4.69) is 5.32 Å². The Morgan fingerprint density at radius 2 is 1.65 bits per heavy atom. The largest absolute Gasteiger partial charge is 0.480 e. The second-order valence-electron chi connectivity index (χ2n) is 3.70. The van der Waals surface area contributed by atoms with E-state index in [4.69, 9.17) is 10.2 Å². The highest BCUT2D eigenvalue weighted by atomic mass is 16.4. The fourth-order valence-corrected chi connectivity index (χ4v) is 1.37. The van der Waals surface area contributed by atoms with E-state index in [9.17, 15) is 14.4 Å². The number of carboxylic acids is 2. The molecule has 17 heavy (non-hydrogen) atoms. The molecule has 0 aliphatic heterocycles. The molecule has 0 aromatic carbocycles. The van der Waals surface area contributed by atoms with Gasteiger partial charge in [-0.05, 0) is 13.5 Å². The van der Waals surface area contributed by atoms with E-state index in [-0.39, 0.29) is 12.5 Å². The monoisotopic (exact) mass is 246 g/mol. The molecule has 0 heterocycles. The van der Waals surface area contributed by atoms with Crippen LogP contribution in [0.2, 0.25) is 0 Å². The Hall–Kier alpha value is -1.63. The van der Waals surface area contributed by atoms with Gasteiger partial charge >= 0.3 is 11.9 Å². The highest BCUT2D eigenvalue weighted by molar-refractivity contribution is 5.85. The Labute approximate surface area is 99.4 Å². The molecule has 0 aliphatic rings. The van der Waals surface area contributed by atoms with Gasteiger partial charge in [-0.15, -0.1) is 0 Å². The molecule has 1 atom stereocenters. The first kappa shape index (κ1) is 15.4. The highest BCUT2D eigenvalue weighted by Gasteiger charge is 2.20. The minimum atomic E-state index is -1.23. The molecule has 7 nitrogen and oxygen atoms in total. The van der Waals surface area contributed by atoms with Crippen LogP contribution in [-0.4, -0.2) is 58.6 Å². The van der Waals surface area contributed by atoms with Crippen LogP contribution in [0.4, 0.5) is 0 Å². The number of aliphatic carboxylic acids is 2. The zero-order chi connectivity index (χ0) is 13.4. The maximum absolute atomic E-state index is 11.7. The van der Waals surface area contributed by atoms with Crippen LogP contribution in [0.15, 0.2) is 0 Å². The van der Waals surface area contributed by atoms with Crippen LogP contribution in [0.5, 0.6) is 0 Å². The molecule has 3 N–H and O–H groups in total. The van der Waals surface area contributed by atoms with Gasteiger partial charge in [0.15, 0.2) is 0 Å². The first-order valence-corrected chi connectivity index (χ1v) is 5.31. The predicted octanol–water partition coefficient (Wildman–Crippen LogP) is -0.628. The minimum absolute atomic E-state index is 0.0778. The molecule has 1 amide bonds. The van der Waals surface area contributed by atoms with E-state index in [1.54, 1.807) is 6.92 Å². The van der Waals surface area contributed by atoms with Crippen LogP contribution in [-0.2, 0) is 14.4 Å². The van der Waals surface area contributed by atoms with E-state index in [1.807, 2.05) is 6.92 Å². The van der Waals surface area contributed by atoms with E-state index in [0.29, 0.717) is 6.54 Å². The summed E-state index contributed by atoms with van der Waals surface area (Å²) in [5.74, 6) is -2.94. The Morgan fingerprint density at radius 3 is 2.00 bits per heavy atom. The number of amides is 1. The number of carbonyl (C=O) groups excluding carboxylic acids is 1. The molecule has 0 aromatic heterocycles. The third-order valence-electron chi connectivity index (χ3n) is 2.04. The van der Waals surface area contributed by atoms with E-state index < -0.39 is 30.9 Å². The van der Waals surface area contributed by atoms with Gasteiger partial charge in [0.1, 0.15) is 13.1 Å². The normalized spacial score (nSPS) is 11.9. The molecular formula is C10H18N2O5. The number of carboxylic acid groups (broad SMARTS) is 2. The standard InChI is InChI=1S/C10H18N2O5/c1-3-11-7(2)4-8(13)12(5-9(14)15)6-10(16)17/h7,11H,3-6H2,1-2H3,(H,14,15)(H,16,17). The number of hydrogen-bond donors (Lipinski definition) is 3. The summed E-state index contributed by atoms with van der Waals surface area (Å²) in [6.07, 6.45) is 0.0778. The molecule has 1 unspecified atom stereocenters. The zero-order valence-corrected chi connectivity index (χ0v) is 9.97. The van der Waals surface area contributed by atoms with Crippen LogP contribution in [0, 0.1) is 0 Å². The molecule has 7 heteroatoms. The van der Waals surface area contributed by atoms with Crippen molar-refractivity contribution in [3.63, 3.8) is 0 Å². The van der Waals surface area contributed by atoms with Gasteiger partial charge in [0, 0.05) is 12.5 Å². The lowest BCUT2D eigenvalue weighted by Gasteiger charge is -2.20. The molecular weight excluding hydrogens is 228 g/mol. The van der Waals surface area contributed by atoms with Crippen LogP contribution < -0.4 is 5.32 Å². The average Bonchev–Trinajstić information content (AvgIpc) is 2.15. The van der Waals surface area contributed by atoms with Crippen molar-refractivity contribution in [2.75, 3.05) is 19.6 Å². The van der Waals surface area contributed by atoms with Gasteiger partial charge in [-0.1, -0.05) is 6.92 Å². The quantitative estimate of drug-likeness (QED) is 0.526. The van der Waals surface area contributed by atoms with Gasteiger partial charge in [0.05, 0.1) is 0 Å². The lowest BCUT2D eigenvalue weighted by Crippen LogP contribution is -2.42. The van der Waals surface area contributed by atoms with E-state index >= 15 is 0 Å². The number of rotatable bonds is 8. The van der Waals surface area contributed by atoms with Crippen molar-refractivity contribution in [3.8, 4) is 0 Å². The third kappa shape index (κ3) is 7.29. The second kappa shape index (κ2) is 7.61. The summed E-state index contributed by atoms with van der Waals surface area (Å²) in [6, 6.07) is -0.113. The van der Waals surface area contributed by atoms with Gasteiger partial charge in [-0.2, -0.15) is 0 Å². The maximum Gasteiger partial charge on any atom is 0.323 e. The number of hydrogen-bond acceptors (Lipinski definition) is 4. The Morgan fingerprint density at radius 1 is 1.18 bits per heavy atom. The lowest BCUT2D eigenvalue weighted by atomic mass is 10.2. The van der Waals surface area contributed by atoms with Gasteiger partial charge in [-0.3, -0.25) is 14.4 Å². The predicted molar refractivity (Wildman–Crippen MR) is 59.6 cm³/mol. The topological polar surface area (TPSA) is 107 Å². The summed E-state index contributed by atoms with van der Waals surface area (Å²) in [5, 5.41) is 20.2. The first-order valence-electron chi connectivity index (χ1n) is 5.31. The summed E-state index contributed by atoms with van der Waals surface area (Å²) < 4.78 is 0. The molecule has 0 aromatic rings. The molecule has 0 rings (SSSR count). The van der Waals surface area contributed by atoms with E-state index in [1.165, 1.54) is 0 Å². The van der Waals surface area contributed by atoms with Crippen molar-refractivity contribution >= 4 is 17.8 Å². The van der Waals surface area contributed by atoms with Gasteiger partial charge in [0.2, 0.25) is 5.91 Å². The molecule has 0 saturated heterocycles. The molecule has 0 aliphatic carbocycles. The second-order valence-corrected chi connectivity index (χ2v) is 3.70. The molecule has 0 bridgehead atoms. The summed E-state index contributed by atoms with van der Waals surface area (Å²) in [7, 11) is 0. The molecule has 0 spiro atoms. The molecule has 0 fully saturated rings. The molecule has 0 saturated carbocycles. The van der Waals surface area contributed by atoms with Crippen molar-refractivity contribution in [1.29, 1.82) is 0 Å². The third-order valence-corrected chi connectivity index (χ3v) is 2.04. The summed E-state index contributed by atoms with van der Waals surface area (Å²) >= 11 is 0. The van der Waals surface area contributed by atoms with Gasteiger partial charge in [0.25, 0.3) is 0 Å². The number of nitrogens with zero attached hydrogens (tertiary/aromatic N) is 1. The van der Waals surface area contributed by atoms with Crippen molar-refractivity contribution < 1.29 is 24.6 Å². The Bertz CT molecular complexity index is 276. The molecule has 98 valence electrons. The Balaban J connectivity index is 4.40. The van der Waals surface area contributed by atoms with Crippen molar-refractivity contribution in [3.05, 3.63) is 0 Å². The van der Waals surface area contributed by atoms with Crippen molar-refractivity contribution in [1.82, 2.24) is 10.2 Å². The van der Waals surface area contributed by atoms with Crippen LogP contribution >= 0.6 is 0 Å². The SMILES string of the molecule is CCNC(C)CC(=O)N(CC(=O)O)CC(=O)O. The molecule has 0 radical (unpaired) electrons. The Kier molecular flexibility index (Phi) is 6.88. The van der Waals surface area contributed by atoms with Crippen LogP contribution in [0.25, 0.3) is 0 Å². The van der Waals surface area contributed by atoms with Crippen LogP contribution in [0.3, 0.4) is 0 Å². The zero-order valence-electron chi connectivity index (χ0n) is 9.97. The highest BCUT2D eigenvalue weighted by Crippen LogP contribution is 1.99. The number of carbonyl (C=O) groups is 3. The fourth-order valence-electron chi connectivity index (χ4n) is 1.37. The lowest BCUT2D eigenvalue weighted by molar-refractivity contribution is -0.149. The number of nitrogens with one attached hydrogen (secondary N) is 1. The van der Waals surface area contributed by atoms with Crippen LogP contribution in [0.1, 0.15) is 20.3 Å². The van der Waals surface area contributed by atoms with Gasteiger partial charge in [-0.25, -0.2) is 0 Å². The average molecular weight is 246 g/mol. The van der Waals surface area contributed by atoms with Crippen molar-refractivity contribution in [2.24, 2.45) is 0 Å².